The van der Waals surface area contributed by atoms with Crippen molar-refractivity contribution in [3.63, 3.8) is 0 Å². The van der Waals surface area contributed by atoms with Gasteiger partial charge in [-0.25, -0.2) is 0 Å². The van der Waals surface area contributed by atoms with Crippen molar-refractivity contribution in [3.8, 4) is 11.5 Å². The van der Waals surface area contributed by atoms with Gasteiger partial charge in [0.2, 0.25) is 12.7 Å². The molecule has 2 aliphatic heterocycles. The van der Waals surface area contributed by atoms with E-state index in [2.05, 4.69) is 15.9 Å². The summed E-state index contributed by atoms with van der Waals surface area (Å²) in [5, 5.41) is -0.0387. The van der Waals surface area contributed by atoms with Gasteiger partial charge in [-0.3, -0.25) is 9.69 Å². The summed E-state index contributed by atoms with van der Waals surface area (Å²) in [5.74, 6) is 2.10. The first-order chi connectivity index (χ1) is 10.7. The van der Waals surface area contributed by atoms with Crippen molar-refractivity contribution in [1.82, 2.24) is 0 Å². The van der Waals surface area contributed by atoms with Crippen molar-refractivity contribution in [2.24, 2.45) is 0 Å². The zero-order valence-electron chi connectivity index (χ0n) is 11.5. The Kier molecular flexibility index (Phi) is 3.50. The first kappa shape index (κ1) is 14.0. The Bertz CT molecular complexity index is 735. The van der Waals surface area contributed by atoms with Gasteiger partial charge in [-0.2, -0.15) is 0 Å². The molecule has 0 bridgehead atoms. The first-order valence-electron chi connectivity index (χ1n) is 6.81. The molecule has 0 N–H and O–H groups in total. The molecule has 2 aromatic rings. The molecule has 2 heterocycles. The monoisotopic (exact) mass is 377 g/mol. The Hall–Kier alpha value is -1.66. The molecule has 1 amide bonds. The van der Waals surface area contributed by atoms with Gasteiger partial charge in [0.05, 0.1) is 5.75 Å². The third-order valence-electron chi connectivity index (χ3n) is 3.65. The fraction of sp³-hybridized carbons (Fsp3) is 0.188. The maximum absolute atomic E-state index is 12.3. The van der Waals surface area contributed by atoms with Crippen LogP contribution in [0, 0.1) is 0 Å². The van der Waals surface area contributed by atoms with E-state index in [0.29, 0.717) is 5.75 Å². The van der Waals surface area contributed by atoms with E-state index in [1.807, 2.05) is 47.4 Å². The smallest absolute Gasteiger partial charge is 0.238 e. The standard InChI is InChI=1S/C16H12BrNO3S/c17-11-2-4-12(5-3-11)18-15(19)8-22-16(18)10-1-6-13-14(7-10)21-9-20-13/h1-7,16H,8-9H2. The highest BCUT2D eigenvalue weighted by Crippen LogP contribution is 2.44. The van der Waals surface area contributed by atoms with E-state index in [1.165, 1.54) is 0 Å². The average Bonchev–Trinajstić information content (AvgIpc) is 3.14. The molecule has 4 rings (SSSR count). The first-order valence-corrected chi connectivity index (χ1v) is 8.65. The van der Waals surface area contributed by atoms with Crippen LogP contribution in [0.5, 0.6) is 11.5 Å². The van der Waals surface area contributed by atoms with Crippen LogP contribution in [0.4, 0.5) is 5.69 Å². The van der Waals surface area contributed by atoms with Crippen LogP contribution in [0.25, 0.3) is 0 Å². The molecule has 0 aliphatic carbocycles. The summed E-state index contributed by atoms with van der Waals surface area (Å²) in [4.78, 5) is 14.2. The predicted octanol–water partition coefficient (Wildman–Crippen LogP) is 3.96. The lowest BCUT2D eigenvalue weighted by atomic mass is 10.1. The van der Waals surface area contributed by atoms with Crippen LogP contribution in [0.15, 0.2) is 46.9 Å². The van der Waals surface area contributed by atoms with Crippen LogP contribution >= 0.6 is 27.7 Å². The minimum atomic E-state index is -0.0387. The molecule has 22 heavy (non-hydrogen) atoms. The third-order valence-corrected chi connectivity index (χ3v) is 5.40. The summed E-state index contributed by atoms with van der Waals surface area (Å²) in [6.45, 7) is 0.256. The quantitative estimate of drug-likeness (QED) is 0.793. The number of rotatable bonds is 2. The van der Waals surface area contributed by atoms with Gasteiger partial charge in [0, 0.05) is 10.2 Å². The van der Waals surface area contributed by atoms with Gasteiger partial charge >= 0.3 is 0 Å². The second kappa shape index (κ2) is 5.52. The van der Waals surface area contributed by atoms with Crippen molar-refractivity contribution in [2.45, 2.75) is 5.37 Å². The molecule has 2 aromatic carbocycles. The number of amides is 1. The SMILES string of the molecule is O=C1CSC(c2ccc3c(c2)OCO3)N1c1ccc(Br)cc1. The second-order valence-corrected chi connectivity index (χ2v) is 7.00. The normalized spacial score (nSPS) is 19.8. The summed E-state index contributed by atoms with van der Waals surface area (Å²) in [6, 6.07) is 13.7. The number of carbonyl (C=O) groups excluding carboxylic acids is 1. The molecule has 0 saturated carbocycles. The summed E-state index contributed by atoms with van der Waals surface area (Å²) in [7, 11) is 0. The number of fused-ring (bicyclic) bond motifs is 1. The largest absolute Gasteiger partial charge is 0.454 e. The molecular weight excluding hydrogens is 366 g/mol. The number of hydrogen-bond donors (Lipinski definition) is 0. The van der Waals surface area contributed by atoms with E-state index >= 15 is 0 Å². The van der Waals surface area contributed by atoms with Crippen molar-refractivity contribution in [2.75, 3.05) is 17.4 Å². The van der Waals surface area contributed by atoms with E-state index < -0.39 is 0 Å². The summed E-state index contributed by atoms with van der Waals surface area (Å²) >= 11 is 5.05. The Morgan fingerprint density at radius 2 is 1.86 bits per heavy atom. The lowest BCUT2D eigenvalue weighted by Crippen LogP contribution is -2.27. The topological polar surface area (TPSA) is 38.8 Å². The minimum absolute atomic E-state index is 0.0387. The number of anilines is 1. The van der Waals surface area contributed by atoms with E-state index in [0.717, 1.165) is 27.2 Å². The Balaban J connectivity index is 1.71. The summed E-state index contributed by atoms with van der Waals surface area (Å²) in [6.07, 6.45) is 0. The zero-order chi connectivity index (χ0) is 15.1. The van der Waals surface area contributed by atoms with Crippen molar-refractivity contribution < 1.29 is 14.3 Å². The van der Waals surface area contributed by atoms with Gasteiger partial charge in [-0.1, -0.05) is 22.0 Å². The van der Waals surface area contributed by atoms with Crippen LogP contribution in [-0.4, -0.2) is 18.5 Å². The van der Waals surface area contributed by atoms with Gasteiger partial charge in [-0.15, -0.1) is 11.8 Å². The molecule has 1 atom stereocenters. The molecule has 1 fully saturated rings. The van der Waals surface area contributed by atoms with Gasteiger partial charge in [-0.05, 0) is 42.0 Å². The molecular formula is C16H12BrNO3S. The van der Waals surface area contributed by atoms with Crippen LogP contribution in [-0.2, 0) is 4.79 Å². The molecule has 0 aromatic heterocycles. The number of thioether (sulfide) groups is 1. The number of carbonyl (C=O) groups is 1. The maximum Gasteiger partial charge on any atom is 0.238 e. The number of halogens is 1. The average molecular weight is 378 g/mol. The molecule has 6 heteroatoms. The fourth-order valence-corrected chi connectivity index (χ4v) is 4.05. The molecule has 2 aliphatic rings. The highest BCUT2D eigenvalue weighted by atomic mass is 79.9. The molecule has 1 saturated heterocycles. The number of hydrogen-bond acceptors (Lipinski definition) is 4. The minimum Gasteiger partial charge on any atom is -0.454 e. The van der Waals surface area contributed by atoms with Crippen molar-refractivity contribution in [1.29, 1.82) is 0 Å². The van der Waals surface area contributed by atoms with Gasteiger partial charge in [0.15, 0.2) is 11.5 Å². The van der Waals surface area contributed by atoms with E-state index in [9.17, 15) is 4.79 Å². The number of ether oxygens (including phenoxy) is 2. The lowest BCUT2D eigenvalue weighted by Gasteiger charge is -2.24. The lowest BCUT2D eigenvalue weighted by molar-refractivity contribution is -0.115. The van der Waals surface area contributed by atoms with Gasteiger partial charge in [0.1, 0.15) is 5.37 Å². The summed E-state index contributed by atoms with van der Waals surface area (Å²) < 4.78 is 11.8. The van der Waals surface area contributed by atoms with Crippen molar-refractivity contribution >= 4 is 39.3 Å². The van der Waals surface area contributed by atoms with E-state index in [1.54, 1.807) is 11.8 Å². The Labute approximate surface area is 140 Å². The zero-order valence-corrected chi connectivity index (χ0v) is 13.9. The number of nitrogens with zero attached hydrogens (tertiary/aromatic N) is 1. The van der Waals surface area contributed by atoms with Crippen LogP contribution < -0.4 is 14.4 Å². The molecule has 4 nitrogen and oxygen atoms in total. The van der Waals surface area contributed by atoms with Gasteiger partial charge in [0.25, 0.3) is 0 Å². The van der Waals surface area contributed by atoms with Gasteiger partial charge < -0.3 is 9.47 Å². The molecule has 112 valence electrons. The molecule has 0 radical (unpaired) electrons. The Morgan fingerprint density at radius 1 is 1.09 bits per heavy atom. The molecule has 0 spiro atoms. The molecule has 1 unspecified atom stereocenters. The predicted molar refractivity (Wildman–Crippen MR) is 89.4 cm³/mol. The number of benzene rings is 2. The summed E-state index contributed by atoms with van der Waals surface area (Å²) in [5.41, 5.74) is 1.95. The Morgan fingerprint density at radius 3 is 2.68 bits per heavy atom. The van der Waals surface area contributed by atoms with E-state index in [4.69, 9.17) is 9.47 Å². The van der Waals surface area contributed by atoms with Crippen LogP contribution in [0.2, 0.25) is 0 Å². The van der Waals surface area contributed by atoms with Crippen LogP contribution in [0.3, 0.4) is 0 Å². The highest BCUT2D eigenvalue weighted by Gasteiger charge is 2.34. The second-order valence-electron chi connectivity index (χ2n) is 5.02. The van der Waals surface area contributed by atoms with Crippen LogP contribution in [0.1, 0.15) is 10.9 Å². The van der Waals surface area contributed by atoms with E-state index in [-0.39, 0.29) is 18.1 Å². The fourth-order valence-electron chi connectivity index (χ4n) is 2.62. The third kappa shape index (κ3) is 2.36. The highest BCUT2D eigenvalue weighted by molar-refractivity contribution is 9.10. The maximum atomic E-state index is 12.3. The van der Waals surface area contributed by atoms with Crippen molar-refractivity contribution in [3.05, 3.63) is 52.5 Å².